The van der Waals surface area contributed by atoms with Crippen molar-refractivity contribution in [1.82, 2.24) is 8.61 Å². The van der Waals surface area contributed by atoms with Crippen molar-refractivity contribution in [2.75, 3.05) is 52.6 Å². The van der Waals surface area contributed by atoms with Crippen molar-refractivity contribution in [3.8, 4) is 0 Å². The summed E-state index contributed by atoms with van der Waals surface area (Å²) in [4.78, 5) is -0.0825. The molecule has 0 N–H and O–H groups in total. The topological polar surface area (TPSA) is 93.2 Å². The quantitative estimate of drug-likeness (QED) is 0.485. The first-order valence-corrected chi connectivity index (χ1v) is 15.3. The molecular weight excluding hydrogens is 530 g/mol. The predicted octanol–water partition coefficient (Wildman–Crippen LogP) is 2.81. The second kappa shape index (κ2) is 10.8. The van der Waals surface area contributed by atoms with E-state index in [0.717, 1.165) is 33.7 Å². The van der Waals surface area contributed by atoms with E-state index in [9.17, 15) is 25.6 Å². The van der Waals surface area contributed by atoms with E-state index in [1.165, 1.54) is 32.9 Å². The number of benzene rings is 2. The highest BCUT2D eigenvalue weighted by Crippen LogP contribution is 2.41. The summed E-state index contributed by atoms with van der Waals surface area (Å²) in [6.07, 6.45) is 0. The van der Waals surface area contributed by atoms with Crippen molar-refractivity contribution < 1.29 is 35.1 Å². The minimum absolute atomic E-state index is 0.121. The van der Waals surface area contributed by atoms with Crippen LogP contribution in [0.3, 0.4) is 0 Å². The van der Waals surface area contributed by atoms with Gasteiger partial charge >= 0.3 is 0 Å². The lowest BCUT2D eigenvalue weighted by atomic mass is 10.3. The molecule has 2 aromatic carbocycles. The normalized spacial score (nSPS) is 18.8. The first-order chi connectivity index (χ1) is 16.2. The van der Waals surface area contributed by atoms with Crippen LogP contribution >= 0.6 is 21.6 Å². The van der Waals surface area contributed by atoms with Gasteiger partial charge in [-0.1, -0.05) is 0 Å². The molecule has 0 aliphatic carbocycles. The Labute approximate surface area is 205 Å². The summed E-state index contributed by atoms with van der Waals surface area (Å²) in [5, 5.41) is 0. The molecule has 186 valence electrons. The molecule has 0 atom stereocenters. The second-order valence-electron chi connectivity index (χ2n) is 7.38. The number of nitrogens with zero attached hydrogens (tertiary/aromatic N) is 2. The number of rotatable bonds is 7. The van der Waals surface area contributed by atoms with Crippen LogP contribution in [0, 0.1) is 11.6 Å². The lowest BCUT2D eigenvalue weighted by Crippen LogP contribution is -2.40. The molecule has 2 aromatic rings. The van der Waals surface area contributed by atoms with Crippen molar-refractivity contribution in [3.05, 3.63) is 48.0 Å². The van der Waals surface area contributed by atoms with Gasteiger partial charge in [0.1, 0.15) is 11.6 Å². The van der Waals surface area contributed by atoms with Gasteiger partial charge in [-0.3, -0.25) is 0 Å². The molecular formula is C20H22F2N2O6S4. The average Bonchev–Trinajstić information content (AvgIpc) is 2.85. The maximum atomic E-state index is 14.6. The minimum atomic E-state index is -3.83. The summed E-state index contributed by atoms with van der Waals surface area (Å²) in [5.41, 5.74) is 0. The Morgan fingerprint density at radius 3 is 1.32 bits per heavy atom. The van der Waals surface area contributed by atoms with Crippen molar-refractivity contribution in [1.29, 1.82) is 0 Å². The van der Waals surface area contributed by atoms with Crippen LogP contribution in [0.1, 0.15) is 0 Å². The molecule has 2 saturated heterocycles. The molecule has 2 aliphatic heterocycles. The van der Waals surface area contributed by atoms with Crippen molar-refractivity contribution in [3.63, 3.8) is 0 Å². The molecule has 8 nitrogen and oxygen atoms in total. The Balaban J connectivity index is 1.45. The standard InChI is InChI=1S/C20H22F2N2O6S4/c21-17-13-15(33(25,26)23-5-9-29-10-6-23)1-3-19(17)31-32-20-4-2-16(14-18(20)22)34(27,28)24-7-11-30-12-8-24/h1-4,13-14H,5-12H2. The van der Waals surface area contributed by atoms with Crippen LogP contribution in [0.15, 0.2) is 56.0 Å². The molecule has 0 bridgehead atoms. The van der Waals surface area contributed by atoms with Crippen LogP contribution in [-0.4, -0.2) is 78.1 Å². The van der Waals surface area contributed by atoms with Crippen LogP contribution in [0.5, 0.6) is 0 Å². The Morgan fingerprint density at radius 2 is 1.00 bits per heavy atom. The van der Waals surface area contributed by atoms with Crippen LogP contribution in [0.2, 0.25) is 0 Å². The Bertz CT molecular complexity index is 1150. The van der Waals surface area contributed by atoms with Gasteiger partial charge in [0.05, 0.1) is 46.0 Å². The third-order valence-electron chi connectivity index (χ3n) is 5.24. The smallest absolute Gasteiger partial charge is 0.243 e. The summed E-state index contributed by atoms with van der Waals surface area (Å²) < 4.78 is 92.8. The van der Waals surface area contributed by atoms with Gasteiger partial charge < -0.3 is 9.47 Å². The van der Waals surface area contributed by atoms with Gasteiger partial charge in [-0.15, -0.1) is 0 Å². The molecule has 0 aromatic heterocycles. The highest BCUT2D eigenvalue weighted by Gasteiger charge is 2.28. The molecule has 2 heterocycles. The van der Waals surface area contributed by atoms with E-state index in [-0.39, 0.29) is 72.2 Å². The van der Waals surface area contributed by atoms with Gasteiger partial charge in [0.15, 0.2) is 0 Å². The van der Waals surface area contributed by atoms with Gasteiger partial charge in [0.25, 0.3) is 0 Å². The summed E-state index contributed by atoms with van der Waals surface area (Å²) in [6, 6.07) is 7.17. The van der Waals surface area contributed by atoms with E-state index < -0.39 is 31.7 Å². The van der Waals surface area contributed by atoms with E-state index in [0.29, 0.717) is 0 Å². The molecule has 0 amide bonds. The van der Waals surface area contributed by atoms with Gasteiger partial charge in [0.2, 0.25) is 20.0 Å². The van der Waals surface area contributed by atoms with E-state index in [1.807, 2.05) is 0 Å². The van der Waals surface area contributed by atoms with Crippen molar-refractivity contribution >= 4 is 41.6 Å². The number of hydrogen-bond acceptors (Lipinski definition) is 8. The fourth-order valence-corrected chi connectivity index (χ4v) is 8.28. The molecule has 0 radical (unpaired) electrons. The average molecular weight is 553 g/mol. The maximum absolute atomic E-state index is 14.6. The zero-order valence-corrected chi connectivity index (χ0v) is 21.1. The summed E-state index contributed by atoms with van der Waals surface area (Å²) >= 11 is 0. The largest absolute Gasteiger partial charge is 0.379 e. The predicted molar refractivity (Wildman–Crippen MR) is 124 cm³/mol. The molecule has 0 spiro atoms. The number of hydrogen-bond donors (Lipinski definition) is 0. The maximum Gasteiger partial charge on any atom is 0.243 e. The van der Waals surface area contributed by atoms with Crippen LogP contribution in [0.4, 0.5) is 8.78 Å². The fraction of sp³-hybridized carbons (Fsp3) is 0.400. The summed E-state index contributed by atoms with van der Waals surface area (Å²) in [5.74, 6) is -1.50. The van der Waals surface area contributed by atoms with Crippen LogP contribution in [0.25, 0.3) is 0 Å². The SMILES string of the molecule is O=S(=O)(c1ccc(SSc2ccc(S(=O)(=O)N3CCOCC3)cc2F)c(F)c1)N1CCOCC1. The lowest BCUT2D eigenvalue weighted by Gasteiger charge is -2.26. The molecule has 34 heavy (non-hydrogen) atoms. The number of halogens is 2. The fourth-order valence-electron chi connectivity index (χ4n) is 3.38. The summed E-state index contributed by atoms with van der Waals surface area (Å²) in [7, 11) is -5.85. The summed E-state index contributed by atoms with van der Waals surface area (Å²) in [6.45, 7) is 1.93. The van der Waals surface area contributed by atoms with Crippen molar-refractivity contribution in [2.45, 2.75) is 19.6 Å². The zero-order valence-electron chi connectivity index (χ0n) is 17.9. The monoisotopic (exact) mass is 552 g/mol. The van der Waals surface area contributed by atoms with Gasteiger partial charge in [-0.05, 0) is 58.0 Å². The lowest BCUT2D eigenvalue weighted by molar-refractivity contribution is 0.0730. The molecule has 4 rings (SSSR count). The second-order valence-corrected chi connectivity index (χ2v) is 13.5. The first-order valence-electron chi connectivity index (χ1n) is 10.3. The van der Waals surface area contributed by atoms with Crippen molar-refractivity contribution in [2.24, 2.45) is 0 Å². The molecule has 2 fully saturated rings. The molecule has 0 saturated carbocycles. The number of morpholine rings is 2. The van der Waals surface area contributed by atoms with E-state index in [1.54, 1.807) is 0 Å². The van der Waals surface area contributed by atoms with Crippen LogP contribution in [-0.2, 0) is 29.5 Å². The van der Waals surface area contributed by atoms with E-state index in [4.69, 9.17) is 9.47 Å². The first kappa shape index (κ1) is 25.8. The third-order valence-corrected chi connectivity index (χ3v) is 11.5. The Kier molecular flexibility index (Phi) is 8.19. The van der Waals surface area contributed by atoms with E-state index in [2.05, 4.69) is 0 Å². The van der Waals surface area contributed by atoms with Gasteiger partial charge in [0, 0.05) is 26.2 Å². The Morgan fingerprint density at radius 1 is 0.647 bits per heavy atom. The molecule has 14 heteroatoms. The Hall–Kier alpha value is -1.26. The zero-order chi connectivity index (χ0) is 24.3. The number of sulfonamides is 2. The van der Waals surface area contributed by atoms with Gasteiger partial charge in [-0.25, -0.2) is 25.6 Å². The highest BCUT2D eigenvalue weighted by atomic mass is 33.1. The number of ether oxygens (including phenoxy) is 2. The van der Waals surface area contributed by atoms with Gasteiger partial charge in [-0.2, -0.15) is 8.61 Å². The highest BCUT2D eigenvalue weighted by molar-refractivity contribution is 8.76. The molecule has 2 aliphatic rings. The third kappa shape index (κ3) is 5.59. The molecule has 0 unspecified atom stereocenters. The van der Waals surface area contributed by atoms with E-state index >= 15 is 0 Å². The minimum Gasteiger partial charge on any atom is -0.379 e. The van der Waals surface area contributed by atoms with Crippen LogP contribution < -0.4 is 0 Å².